The number of aromatic nitrogens is 3. The number of amidine groups is 1. The van der Waals surface area contributed by atoms with Gasteiger partial charge in [0.05, 0.1) is 21.7 Å². The first kappa shape index (κ1) is 28.4. The first-order valence-corrected chi connectivity index (χ1v) is 14.7. The highest BCUT2D eigenvalue weighted by atomic mass is 32.2. The van der Waals surface area contributed by atoms with Crippen molar-refractivity contribution in [2.45, 2.75) is 11.1 Å². The van der Waals surface area contributed by atoms with Gasteiger partial charge in [0.15, 0.2) is 5.84 Å². The van der Waals surface area contributed by atoms with Crippen LogP contribution in [0.1, 0.15) is 5.56 Å². The Morgan fingerprint density at radius 1 is 0.953 bits per heavy atom. The maximum Gasteiger partial charge on any atom is 0.418 e. The standard InChI is InChI=1S/C28H26F3N9O2S/c1-38-13-15-39(16-14-38)25-10-12-40(37-36-25)43(41,42)21-7-5-20(6-8-21)35-27-22-9-4-19(17-24(22)33-18-34-27)26-23(28(29,30)31)3-2-11-32-26/h2-12,17-18,37H,13-16H2,1H3,(H,33,34,35). The number of hydrazone groups is 1. The molecule has 15 heteroatoms. The van der Waals surface area contributed by atoms with Crippen molar-refractivity contribution in [2.75, 3.05) is 38.5 Å². The van der Waals surface area contributed by atoms with Crippen molar-refractivity contribution in [3.05, 3.63) is 85.0 Å². The van der Waals surface area contributed by atoms with Gasteiger partial charge in [0.1, 0.15) is 12.1 Å². The molecule has 11 nitrogen and oxygen atoms in total. The minimum atomic E-state index is -4.56. The van der Waals surface area contributed by atoms with E-state index in [1.165, 1.54) is 49.1 Å². The maximum atomic E-state index is 13.5. The molecule has 0 aliphatic carbocycles. The third kappa shape index (κ3) is 5.81. The van der Waals surface area contributed by atoms with E-state index in [1.807, 2.05) is 0 Å². The van der Waals surface area contributed by atoms with Gasteiger partial charge in [-0.15, -0.1) is 5.10 Å². The van der Waals surface area contributed by atoms with E-state index in [0.717, 1.165) is 36.7 Å². The number of alkyl halides is 3. The lowest BCUT2D eigenvalue weighted by Gasteiger charge is -2.35. The van der Waals surface area contributed by atoms with Crippen LogP contribution in [0.3, 0.4) is 0 Å². The van der Waals surface area contributed by atoms with Crippen molar-refractivity contribution in [1.82, 2.24) is 34.7 Å². The Balaban J connectivity index is 1.18. The number of hydrogen-bond acceptors (Lipinski definition) is 10. The van der Waals surface area contributed by atoms with Crippen molar-refractivity contribution >= 4 is 38.3 Å². The molecule has 4 aromatic rings. The number of halogens is 3. The molecule has 4 heterocycles. The lowest BCUT2D eigenvalue weighted by Crippen LogP contribution is -2.49. The van der Waals surface area contributed by atoms with Gasteiger partial charge in [0.2, 0.25) is 0 Å². The molecule has 6 rings (SSSR count). The summed E-state index contributed by atoms with van der Waals surface area (Å²) < 4.78 is 67.9. The number of sulfonamides is 1. The summed E-state index contributed by atoms with van der Waals surface area (Å²) in [6.07, 6.45) is 1.15. The van der Waals surface area contributed by atoms with E-state index in [2.05, 4.69) is 47.8 Å². The number of piperazine rings is 1. The average Bonchev–Trinajstić information content (AvgIpc) is 3.01. The zero-order chi connectivity index (χ0) is 30.2. The molecular weight excluding hydrogens is 583 g/mol. The van der Waals surface area contributed by atoms with Crippen molar-refractivity contribution in [1.29, 1.82) is 0 Å². The fourth-order valence-electron chi connectivity index (χ4n) is 4.78. The first-order chi connectivity index (χ1) is 20.6. The largest absolute Gasteiger partial charge is 0.418 e. The van der Waals surface area contributed by atoms with Crippen LogP contribution in [0.15, 0.2) is 89.4 Å². The van der Waals surface area contributed by atoms with Crippen LogP contribution in [0.2, 0.25) is 0 Å². The van der Waals surface area contributed by atoms with Crippen LogP contribution in [-0.4, -0.2) is 76.6 Å². The van der Waals surface area contributed by atoms with Crippen molar-refractivity contribution in [3.63, 3.8) is 0 Å². The molecule has 1 fully saturated rings. The van der Waals surface area contributed by atoms with Gasteiger partial charge in [-0.25, -0.2) is 15.5 Å². The lowest BCUT2D eigenvalue weighted by molar-refractivity contribution is -0.137. The van der Waals surface area contributed by atoms with Crippen molar-refractivity contribution in [3.8, 4) is 11.3 Å². The van der Waals surface area contributed by atoms with Gasteiger partial charge in [-0.2, -0.15) is 26.0 Å². The molecule has 43 heavy (non-hydrogen) atoms. The Labute approximate surface area is 245 Å². The third-order valence-electron chi connectivity index (χ3n) is 7.15. The Morgan fingerprint density at radius 2 is 1.72 bits per heavy atom. The Hall–Kier alpha value is -4.76. The lowest BCUT2D eigenvalue weighted by atomic mass is 10.0. The molecule has 222 valence electrons. The topological polar surface area (TPSA) is 119 Å². The second-order valence-electron chi connectivity index (χ2n) is 9.98. The van der Waals surface area contributed by atoms with Gasteiger partial charge in [0, 0.05) is 61.3 Å². The van der Waals surface area contributed by atoms with Gasteiger partial charge in [-0.05, 0) is 55.6 Å². The monoisotopic (exact) mass is 609 g/mol. The summed E-state index contributed by atoms with van der Waals surface area (Å²) in [5.74, 6) is 1.07. The van der Waals surface area contributed by atoms with Crippen LogP contribution in [0.5, 0.6) is 0 Å². The van der Waals surface area contributed by atoms with Gasteiger partial charge >= 0.3 is 6.18 Å². The van der Waals surface area contributed by atoms with E-state index >= 15 is 0 Å². The second-order valence-corrected chi connectivity index (χ2v) is 11.8. The van der Waals surface area contributed by atoms with Gasteiger partial charge in [-0.3, -0.25) is 4.98 Å². The summed E-state index contributed by atoms with van der Waals surface area (Å²) in [4.78, 5) is 16.8. The van der Waals surface area contributed by atoms with Crippen LogP contribution in [-0.2, 0) is 16.2 Å². The van der Waals surface area contributed by atoms with Crippen LogP contribution in [0, 0.1) is 0 Å². The fraction of sp³-hybridized carbons (Fsp3) is 0.214. The molecular formula is C28H26F3N9O2S. The van der Waals surface area contributed by atoms with Crippen LogP contribution < -0.4 is 10.9 Å². The summed E-state index contributed by atoms with van der Waals surface area (Å²) in [6, 6.07) is 13.0. The minimum Gasteiger partial charge on any atom is -0.353 e. The highest BCUT2D eigenvalue weighted by molar-refractivity contribution is 7.89. The maximum absolute atomic E-state index is 13.5. The molecule has 2 aromatic heterocycles. The molecule has 2 N–H and O–H groups in total. The molecule has 2 aromatic carbocycles. The van der Waals surface area contributed by atoms with Crippen LogP contribution in [0.4, 0.5) is 24.7 Å². The number of hydrazine groups is 1. The number of anilines is 2. The normalized spacial score (nSPS) is 16.2. The molecule has 0 spiro atoms. The number of benzene rings is 2. The van der Waals surface area contributed by atoms with Gasteiger partial charge < -0.3 is 15.1 Å². The summed E-state index contributed by atoms with van der Waals surface area (Å²) in [6.45, 7) is 3.40. The number of fused-ring (bicyclic) bond motifs is 1. The van der Waals surface area contributed by atoms with Gasteiger partial charge in [0.25, 0.3) is 10.0 Å². The zero-order valence-electron chi connectivity index (χ0n) is 22.8. The molecule has 2 aliphatic rings. The van der Waals surface area contributed by atoms with Crippen molar-refractivity contribution in [2.24, 2.45) is 5.10 Å². The first-order valence-electron chi connectivity index (χ1n) is 13.2. The second kappa shape index (κ2) is 11.1. The quantitative estimate of drug-likeness (QED) is 0.346. The molecule has 0 bridgehead atoms. The predicted molar refractivity (Wildman–Crippen MR) is 155 cm³/mol. The Kier molecular flexibility index (Phi) is 7.35. The smallest absolute Gasteiger partial charge is 0.353 e. The Morgan fingerprint density at radius 3 is 2.42 bits per heavy atom. The van der Waals surface area contributed by atoms with E-state index < -0.39 is 21.8 Å². The molecule has 1 saturated heterocycles. The number of nitrogens with one attached hydrogen (secondary N) is 2. The zero-order valence-corrected chi connectivity index (χ0v) is 23.6. The molecule has 0 saturated carbocycles. The highest BCUT2D eigenvalue weighted by Crippen LogP contribution is 2.37. The molecule has 0 amide bonds. The van der Waals surface area contributed by atoms with E-state index in [4.69, 9.17) is 0 Å². The summed E-state index contributed by atoms with van der Waals surface area (Å²) in [7, 11) is -1.88. The van der Waals surface area contributed by atoms with Gasteiger partial charge in [-0.1, -0.05) is 6.07 Å². The molecule has 2 aliphatic heterocycles. The average molecular weight is 610 g/mol. The molecule has 0 unspecified atom stereocenters. The molecule has 0 radical (unpaired) electrons. The summed E-state index contributed by atoms with van der Waals surface area (Å²) in [5, 5.41) is 7.93. The van der Waals surface area contributed by atoms with Crippen LogP contribution >= 0.6 is 0 Å². The van der Waals surface area contributed by atoms with E-state index in [9.17, 15) is 21.6 Å². The number of rotatable bonds is 5. The SMILES string of the molecule is CN1CCN(C2=NNN(S(=O)(=O)c3ccc(Nc4ncnc5cc(-c6ncccc6C(F)(F)F)ccc45)cc3)C=C2)CC1. The number of pyridine rings is 1. The van der Waals surface area contributed by atoms with Crippen molar-refractivity contribution < 1.29 is 21.6 Å². The predicted octanol–water partition coefficient (Wildman–Crippen LogP) is 4.04. The number of likely N-dealkylation sites (N-methyl/N-ethyl adjacent to an activating group) is 1. The van der Waals surface area contributed by atoms with E-state index in [-0.39, 0.29) is 16.2 Å². The van der Waals surface area contributed by atoms with E-state index in [1.54, 1.807) is 24.3 Å². The summed E-state index contributed by atoms with van der Waals surface area (Å²) >= 11 is 0. The number of hydrogen-bond donors (Lipinski definition) is 2. The fourth-order valence-corrected chi connectivity index (χ4v) is 5.86. The van der Waals surface area contributed by atoms with Crippen LogP contribution in [0.25, 0.3) is 22.2 Å². The molecule has 0 atom stereocenters. The highest BCUT2D eigenvalue weighted by Gasteiger charge is 2.34. The third-order valence-corrected chi connectivity index (χ3v) is 8.74. The Bertz CT molecular complexity index is 1820. The number of nitrogens with zero attached hydrogens (tertiary/aromatic N) is 7. The minimum absolute atomic E-state index is 0.0430. The summed E-state index contributed by atoms with van der Waals surface area (Å²) in [5.41, 5.74) is 2.80. The van der Waals surface area contributed by atoms with E-state index in [0.29, 0.717) is 28.2 Å².